The highest BCUT2D eigenvalue weighted by atomic mass is 19.3. The van der Waals surface area contributed by atoms with Crippen molar-refractivity contribution in [3.63, 3.8) is 0 Å². The molecule has 7 heteroatoms. The van der Waals surface area contributed by atoms with Crippen molar-refractivity contribution in [2.75, 3.05) is 23.3 Å². The maximum Gasteiger partial charge on any atom is 0.383 e. The van der Waals surface area contributed by atoms with Crippen molar-refractivity contribution in [3.05, 3.63) is 24.3 Å². The van der Waals surface area contributed by atoms with E-state index < -0.39 is 18.3 Å². The molecule has 0 aromatic heterocycles. The summed E-state index contributed by atoms with van der Waals surface area (Å²) in [5.74, 6) is -6.68. The molecule has 0 bridgehead atoms. The third kappa shape index (κ3) is 2.86. The number of nitrogens with one attached hydrogen (secondary N) is 1. The molecule has 0 unspecified atom stereocenters. The van der Waals surface area contributed by atoms with Crippen LogP contribution in [0.15, 0.2) is 24.3 Å². The van der Waals surface area contributed by atoms with Crippen LogP contribution in [0, 0.1) is 0 Å². The zero-order chi connectivity index (χ0) is 14.8. The molecular weight excluding hydrogens is 276 g/mol. The van der Waals surface area contributed by atoms with Crippen molar-refractivity contribution < 1.29 is 22.4 Å². The number of nitrogens with zero attached hydrogens (tertiary/aromatic N) is 1. The number of para-hydroxylation sites is 2. The molecule has 0 atom stereocenters. The van der Waals surface area contributed by atoms with Gasteiger partial charge in [-0.25, -0.2) is 8.78 Å². The van der Waals surface area contributed by atoms with Gasteiger partial charge in [-0.1, -0.05) is 12.1 Å². The van der Waals surface area contributed by atoms with Gasteiger partial charge in [0.1, 0.15) is 0 Å². The van der Waals surface area contributed by atoms with E-state index in [1.165, 1.54) is 6.07 Å². The lowest BCUT2D eigenvalue weighted by molar-refractivity contribution is -0.163. The van der Waals surface area contributed by atoms with Crippen LogP contribution in [0.4, 0.5) is 28.9 Å². The van der Waals surface area contributed by atoms with E-state index in [0.29, 0.717) is 5.69 Å². The average molecular weight is 290 g/mol. The quantitative estimate of drug-likeness (QED) is 0.864. The largest absolute Gasteiger partial charge is 0.383 e. The highest BCUT2D eigenvalue weighted by Crippen LogP contribution is 2.31. The molecule has 3 nitrogen and oxygen atoms in total. The van der Waals surface area contributed by atoms with E-state index in [9.17, 15) is 22.4 Å². The molecule has 0 saturated carbocycles. The molecule has 1 amide bonds. The first-order chi connectivity index (χ1) is 9.43. The maximum atomic E-state index is 13.0. The van der Waals surface area contributed by atoms with E-state index in [1.807, 2.05) is 10.2 Å². The molecule has 1 N–H and O–H groups in total. The number of alkyl halides is 4. The molecule has 20 heavy (non-hydrogen) atoms. The van der Waals surface area contributed by atoms with Crippen LogP contribution in [0.25, 0.3) is 0 Å². The second-order valence-corrected chi connectivity index (χ2v) is 4.59. The summed E-state index contributed by atoms with van der Waals surface area (Å²) in [6.45, 7) is 1.50. The Bertz CT molecular complexity index is 487. The molecule has 1 aliphatic rings. The number of amides is 1. The number of carbonyl (C=O) groups is 1. The van der Waals surface area contributed by atoms with E-state index in [1.54, 1.807) is 18.2 Å². The van der Waals surface area contributed by atoms with Crippen molar-refractivity contribution in [1.29, 1.82) is 0 Å². The summed E-state index contributed by atoms with van der Waals surface area (Å²) in [7, 11) is 0. The third-order valence-corrected chi connectivity index (χ3v) is 3.18. The topological polar surface area (TPSA) is 32.3 Å². The summed E-state index contributed by atoms with van der Waals surface area (Å²) in [6, 6.07) is 6.35. The average Bonchev–Trinajstić information content (AvgIpc) is 2.92. The van der Waals surface area contributed by atoms with Gasteiger partial charge in [-0.15, -0.1) is 0 Å². The van der Waals surface area contributed by atoms with E-state index in [4.69, 9.17) is 0 Å². The minimum Gasteiger partial charge on any atom is -0.370 e. The van der Waals surface area contributed by atoms with E-state index in [-0.39, 0.29) is 5.69 Å². The van der Waals surface area contributed by atoms with E-state index >= 15 is 0 Å². The van der Waals surface area contributed by atoms with Crippen LogP contribution in [0.5, 0.6) is 0 Å². The predicted molar refractivity (Wildman–Crippen MR) is 67.5 cm³/mol. The van der Waals surface area contributed by atoms with Crippen LogP contribution >= 0.6 is 0 Å². The Morgan fingerprint density at radius 3 is 2.40 bits per heavy atom. The number of benzene rings is 1. The van der Waals surface area contributed by atoms with Gasteiger partial charge >= 0.3 is 18.3 Å². The maximum absolute atomic E-state index is 13.0. The summed E-state index contributed by atoms with van der Waals surface area (Å²) >= 11 is 0. The standard InChI is InChI=1S/C13H14F4N2O/c14-11(15)13(16,17)12(20)18-9-5-1-2-6-10(9)19-7-3-4-8-19/h1-2,5-6,11H,3-4,7-8H2,(H,18,20). The molecule has 1 aliphatic heterocycles. The Balaban J connectivity index is 2.19. The molecular formula is C13H14F4N2O. The summed E-state index contributed by atoms with van der Waals surface area (Å²) in [5.41, 5.74) is 0.697. The first-order valence-corrected chi connectivity index (χ1v) is 6.24. The molecule has 1 saturated heterocycles. The number of hydrogen-bond donors (Lipinski definition) is 1. The van der Waals surface area contributed by atoms with Gasteiger partial charge in [0.25, 0.3) is 0 Å². The fourth-order valence-corrected chi connectivity index (χ4v) is 2.12. The van der Waals surface area contributed by atoms with Gasteiger partial charge < -0.3 is 10.2 Å². The number of carbonyl (C=O) groups excluding carboxylic acids is 1. The Morgan fingerprint density at radius 2 is 1.80 bits per heavy atom. The van der Waals surface area contributed by atoms with Crippen molar-refractivity contribution in [1.82, 2.24) is 0 Å². The van der Waals surface area contributed by atoms with Crippen molar-refractivity contribution >= 4 is 17.3 Å². The van der Waals surface area contributed by atoms with Gasteiger partial charge in [0.15, 0.2) is 0 Å². The number of halogens is 4. The van der Waals surface area contributed by atoms with Crippen molar-refractivity contribution in [2.24, 2.45) is 0 Å². The Hall–Kier alpha value is -1.79. The zero-order valence-corrected chi connectivity index (χ0v) is 10.6. The van der Waals surface area contributed by atoms with Gasteiger partial charge in [0.05, 0.1) is 11.4 Å². The van der Waals surface area contributed by atoms with Crippen LogP contribution in [0.2, 0.25) is 0 Å². The van der Waals surface area contributed by atoms with E-state index in [0.717, 1.165) is 25.9 Å². The van der Waals surface area contributed by atoms with Crippen molar-refractivity contribution in [2.45, 2.75) is 25.2 Å². The van der Waals surface area contributed by atoms with E-state index in [2.05, 4.69) is 0 Å². The van der Waals surface area contributed by atoms with Gasteiger partial charge in [-0.05, 0) is 25.0 Å². The second-order valence-electron chi connectivity index (χ2n) is 4.59. The van der Waals surface area contributed by atoms with Crippen LogP contribution in [-0.2, 0) is 4.79 Å². The lowest BCUT2D eigenvalue weighted by Gasteiger charge is -2.22. The third-order valence-electron chi connectivity index (χ3n) is 3.18. The smallest absolute Gasteiger partial charge is 0.370 e. The molecule has 1 aromatic rings. The Labute approximate surface area is 113 Å². The normalized spacial score (nSPS) is 15.8. The minimum atomic E-state index is -4.70. The number of anilines is 2. The first kappa shape index (κ1) is 14.6. The molecule has 0 spiro atoms. The van der Waals surface area contributed by atoms with Crippen LogP contribution < -0.4 is 10.2 Å². The zero-order valence-electron chi connectivity index (χ0n) is 10.6. The highest BCUT2D eigenvalue weighted by molar-refractivity contribution is 5.99. The van der Waals surface area contributed by atoms with Gasteiger partial charge in [-0.3, -0.25) is 4.79 Å². The molecule has 0 radical (unpaired) electrons. The SMILES string of the molecule is O=C(Nc1ccccc1N1CCCC1)C(F)(F)C(F)F. The monoisotopic (exact) mass is 290 g/mol. The lowest BCUT2D eigenvalue weighted by atomic mass is 10.2. The van der Waals surface area contributed by atoms with Gasteiger partial charge in [0, 0.05) is 13.1 Å². The van der Waals surface area contributed by atoms with Crippen LogP contribution in [-0.4, -0.2) is 31.3 Å². The summed E-state index contributed by atoms with van der Waals surface area (Å²) in [5, 5.41) is 1.90. The highest BCUT2D eigenvalue weighted by Gasteiger charge is 2.49. The van der Waals surface area contributed by atoms with Gasteiger partial charge in [0.2, 0.25) is 0 Å². The first-order valence-electron chi connectivity index (χ1n) is 6.24. The summed E-state index contributed by atoms with van der Waals surface area (Å²) < 4.78 is 50.2. The molecule has 2 rings (SSSR count). The van der Waals surface area contributed by atoms with Gasteiger partial charge in [-0.2, -0.15) is 8.78 Å². The fourth-order valence-electron chi connectivity index (χ4n) is 2.12. The minimum absolute atomic E-state index is 0.125. The summed E-state index contributed by atoms with van der Waals surface area (Å²) in [6.07, 6.45) is -2.09. The Kier molecular flexibility index (Phi) is 4.15. The van der Waals surface area contributed by atoms with Crippen LogP contribution in [0.3, 0.4) is 0 Å². The lowest BCUT2D eigenvalue weighted by Crippen LogP contribution is -2.41. The summed E-state index contributed by atoms with van der Waals surface area (Å²) in [4.78, 5) is 13.2. The Morgan fingerprint density at radius 1 is 1.20 bits per heavy atom. The molecule has 1 fully saturated rings. The molecule has 1 heterocycles. The molecule has 110 valence electrons. The fraction of sp³-hybridized carbons (Fsp3) is 0.462. The number of hydrogen-bond acceptors (Lipinski definition) is 2. The van der Waals surface area contributed by atoms with Crippen molar-refractivity contribution in [3.8, 4) is 0 Å². The number of rotatable bonds is 4. The second kappa shape index (κ2) is 5.68. The molecule has 0 aliphatic carbocycles. The van der Waals surface area contributed by atoms with Crippen LogP contribution in [0.1, 0.15) is 12.8 Å². The predicted octanol–water partition coefficient (Wildman–Crippen LogP) is 3.13. The molecule has 1 aromatic carbocycles.